The van der Waals surface area contributed by atoms with Crippen LogP contribution in [0.4, 0.5) is 0 Å². The predicted molar refractivity (Wildman–Crippen MR) is 83.0 cm³/mol. The Labute approximate surface area is 127 Å². The van der Waals surface area contributed by atoms with Crippen molar-refractivity contribution in [3.8, 4) is 5.75 Å². The van der Waals surface area contributed by atoms with Crippen molar-refractivity contribution in [1.29, 1.82) is 0 Å². The lowest BCUT2D eigenvalue weighted by molar-refractivity contribution is 0.242. The first-order valence-electron chi connectivity index (χ1n) is 7.38. The van der Waals surface area contributed by atoms with E-state index in [0.717, 1.165) is 19.5 Å². The van der Waals surface area contributed by atoms with E-state index < -0.39 is 10.0 Å². The summed E-state index contributed by atoms with van der Waals surface area (Å²) in [6.07, 6.45) is 0.885. The molecule has 0 aliphatic carbocycles. The summed E-state index contributed by atoms with van der Waals surface area (Å²) in [6.45, 7) is 7.61. The number of hydrogen-bond donors (Lipinski definition) is 2. The van der Waals surface area contributed by atoms with Gasteiger partial charge in [0.15, 0.2) is 0 Å². The highest BCUT2D eigenvalue weighted by Crippen LogP contribution is 2.19. The molecule has 1 fully saturated rings. The zero-order valence-electron chi connectivity index (χ0n) is 12.8. The van der Waals surface area contributed by atoms with Crippen LogP contribution in [-0.2, 0) is 10.0 Å². The molecule has 0 aromatic heterocycles. The maximum atomic E-state index is 12.4. The molecule has 0 radical (unpaired) electrons. The first-order valence-corrected chi connectivity index (χ1v) is 8.86. The largest absolute Gasteiger partial charge is 0.491 e. The zero-order valence-corrected chi connectivity index (χ0v) is 13.6. The van der Waals surface area contributed by atoms with Gasteiger partial charge in [0.1, 0.15) is 5.75 Å². The lowest BCUT2D eigenvalue weighted by atomic mass is 9.97. The first-order chi connectivity index (χ1) is 9.88. The minimum Gasteiger partial charge on any atom is -0.491 e. The molecule has 0 saturated carbocycles. The van der Waals surface area contributed by atoms with Crippen molar-refractivity contribution in [3.63, 3.8) is 0 Å². The summed E-state index contributed by atoms with van der Waals surface area (Å²) in [5.74, 6) is 0.969. The van der Waals surface area contributed by atoms with E-state index in [-0.39, 0.29) is 23.0 Å². The summed E-state index contributed by atoms with van der Waals surface area (Å²) in [5, 5.41) is 3.26. The second-order valence-electron chi connectivity index (χ2n) is 5.84. The molecule has 2 rings (SSSR count). The van der Waals surface area contributed by atoms with Crippen LogP contribution in [-0.4, -0.2) is 33.7 Å². The van der Waals surface area contributed by atoms with E-state index in [4.69, 9.17) is 4.74 Å². The molecular formula is C15H24N2O3S. The highest BCUT2D eigenvalue weighted by Gasteiger charge is 2.26. The summed E-state index contributed by atoms with van der Waals surface area (Å²) in [4.78, 5) is 0.282. The average molecular weight is 312 g/mol. The summed E-state index contributed by atoms with van der Waals surface area (Å²) in [6, 6.07) is 6.56. The van der Waals surface area contributed by atoms with Crippen LogP contribution in [0.5, 0.6) is 5.75 Å². The number of ether oxygens (including phenoxy) is 1. The minimum atomic E-state index is -3.47. The topological polar surface area (TPSA) is 67.4 Å². The van der Waals surface area contributed by atoms with Crippen LogP contribution in [0.3, 0.4) is 0 Å². The predicted octanol–water partition coefficient (Wildman–Crippen LogP) is 1.75. The Hall–Kier alpha value is -1.11. The normalized spacial score (nSPS) is 23.2. The minimum absolute atomic E-state index is 0.0113. The van der Waals surface area contributed by atoms with E-state index >= 15 is 0 Å². The van der Waals surface area contributed by atoms with Gasteiger partial charge < -0.3 is 10.1 Å². The van der Waals surface area contributed by atoms with Gasteiger partial charge in [-0.15, -0.1) is 0 Å². The number of sulfonamides is 1. The maximum absolute atomic E-state index is 12.4. The second kappa shape index (κ2) is 6.77. The molecule has 1 aromatic rings. The molecule has 2 N–H and O–H groups in total. The van der Waals surface area contributed by atoms with Crippen molar-refractivity contribution < 1.29 is 13.2 Å². The van der Waals surface area contributed by atoms with Crippen molar-refractivity contribution >= 4 is 10.0 Å². The van der Waals surface area contributed by atoms with Crippen LogP contribution in [0.15, 0.2) is 29.2 Å². The van der Waals surface area contributed by atoms with Crippen molar-refractivity contribution in [2.75, 3.05) is 13.1 Å². The molecule has 1 saturated heterocycles. The van der Waals surface area contributed by atoms with E-state index in [1.165, 1.54) is 0 Å². The van der Waals surface area contributed by atoms with Gasteiger partial charge in [-0.2, -0.15) is 0 Å². The first kappa shape index (κ1) is 16.3. The van der Waals surface area contributed by atoms with Crippen LogP contribution in [0.2, 0.25) is 0 Å². The van der Waals surface area contributed by atoms with Gasteiger partial charge in [-0.3, -0.25) is 0 Å². The van der Waals surface area contributed by atoms with Crippen molar-refractivity contribution in [2.45, 2.75) is 44.2 Å². The second-order valence-corrected chi connectivity index (χ2v) is 7.55. The molecule has 0 spiro atoms. The van der Waals surface area contributed by atoms with Gasteiger partial charge >= 0.3 is 0 Å². The van der Waals surface area contributed by atoms with Crippen LogP contribution in [0.1, 0.15) is 27.2 Å². The maximum Gasteiger partial charge on any atom is 0.240 e. The molecule has 2 atom stereocenters. The highest BCUT2D eigenvalue weighted by atomic mass is 32.2. The van der Waals surface area contributed by atoms with E-state index in [2.05, 4.69) is 17.0 Å². The third kappa shape index (κ3) is 4.43. The van der Waals surface area contributed by atoms with Crippen LogP contribution in [0.25, 0.3) is 0 Å². The molecule has 5 nitrogen and oxygen atoms in total. The quantitative estimate of drug-likeness (QED) is 0.869. The van der Waals surface area contributed by atoms with Gasteiger partial charge in [0.2, 0.25) is 10.0 Å². The monoisotopic (exact) mass is 312 g/mol. The van der Waals surface area contributed by atoms with Crippen LogP contribution in [0, 0.1) is 5.92 Å². The summed E-state index contributed by atoms with van der Waals surface area (Å²) in [7, 11) is -3.47. The van der Waals surface area contributed by atoms with Gasteiger partial charge in [0.25, 0.3) is 0 Å². The lowest BCUT2D eigenvalue weighted by Gasteiger charge is -2.29. The fourth-order valence-corrected chi connectivity index (χ4v) is 3.81. The number of piperidine rings is 1. The Morgan fingerprint density at radius 2 is 1.95 bits per heavy atom. The zero-order chi connectivity index (χ0) is 15.5. The molecule has 6 heteroatoms. The van der Waals surface area contributed by atoms with E-state index in [1.54, 1.807) is 24.3 Å². The number of benzene rings is 1. The van der Waals surface area contributed by atoms with Gasteiger partial charge in [-0.05, 0) is 63.5 Å². The highest BCUT2D eigenvalue weighted by molar-refractivity contribution is 7.89. The summed E-state index contributed by atoms with van der Waals surface area (Å²) in [5.41, 5.74) is 0. The Morgan fingerprint density at radius 3 is 2.52 bits per heavy atom. The van der Waals surface area contributed by atoms with Crippen molar-refractivity contribution in [3.05, 3.63) is 24.3 Å². The van der Waals surface area contributed by atoms with Gasteiger partial charge in [-0.1, -0.05) is 6.92 Å². The van der Waals surface area contributed by atoms with E-state index in [0.29, 0.717) is 5.75 Å². The SMILES string of the molecule is CC(C)Oc1ccc(S(=O)(=O)NC2CCNCC2C)cc1. The standard InChI is InChI=1S/C15H24N2O3S/c1-11(2)20-13-4-6-14(7-5-13)21(18,19)17-15-8-9-16-10-12(15)3/h4-7,11-12,15-17H,8-10H2,1-3H3. The summed E-state index contributed by atoms with van der Waals surface area (Å²) >= 11 is 0. The lowest BCUT2D eigenvalue weighted by Crippen LogP contribution is -2.48. The number of nitrogens with one attached hydrogen (secondary N) is 2. The third-order valence-corrected chi connectivity index (χ3v) is 5.10. The molecule has 1 aliphatic heterocycles. The van der Waals surface area contributed by atoms with E-state index in [1.807, 2.05) is 13.8 Å². The number of hydrogen-bond acceptors (Lipinski definition) is 4. The van der Waals surface area contributed by atoms with Crippen LogP contribution < -0.4 is 14.8 Å². The Kier molecular flexibility index (Phi) is 5.24. The smallest absolute Gasteiger partial charge is 0.240 e. The molecule has 1 aromatic carbocycles. The molecule has 0 bridgehead atoms. The van der Waals surface area contributed by atoms with Crippen LogP contribution >= 0.6 is 0 Å². The Morgan fingerprint density at radius 1 is 1.29 bits per heavy atom. The molecule has 0 amide bonds. The van der Waals surface area contributed by atoms with Gasteiger partial charge in [0, 0.05) is 6.04 Å². The number of rotatable bonds is 5. The fourth-order valence-electron chi connectivity index (χ4n) is 2.43. The Bertz CT molecular complexity index is 555. The molecule has 118 valence electrons. The van der Waals surface area contributed by atoms with Crippen molar-refractivity contribution in [1.82, 2.24) is 10.0 Å². The molecular weight excluding hydrogens is 288 g/mol. The van der Waals surface area contributed by atoms with Gasteiger partial charge in [-0.25, -0.2) is 13.1 Å². The summed E-state index contributed by atoms with van der Waals surface area (Å²) < 4.78 is 33.2. The average Bonchev–Trinajstić information content (AvgIpc) is 2.41. The van der Waals surface area contributed by atoms with Gasteiger partial charge in [0.05, 0.1) is 11.0 Å². The van der Waals surface area contributed by atoms with E-state index in [9.17, 15) is 8.42 Å². The molecule has 2 unspecified atom stereocenters. The fraction of sp³-hybridized carbons (Fsp3) is 0.600. The Balaban J connectivity index is 2.08. The molecule has 1 heterocycles. The van der Waals surface area contributed by atoms with Crippen molar-refractivity contribution in [2.24, 2.45) is 5.92 Å². The molecule has 21 heavy (non-hydrogen) atoms. The third-order valence-electron chi connectivity index (χ3n) is 3.60. The molecule has 1 aliphatic rings.